The van der Waals surface area contributed by atoms with Crippen LogP contribution >= 0.6 is 0 Å². The molecule has 4 heteroatoms. The molecular weight excluding hydrogens is 198 g/mol. The van der Waals surface area contributed by atoms with E-state index in [-0.39, 0.29) is 19.1 Å². The van der Waals surface area contributed by atoms with Crippen molar-refractivity contribution in [3.05, 3.63) is 35.9 Å². The van der Waals surface area contributed by atoms with Crippen molar-refractivity contribution in [3.8, 4) is 0 Å². The lowest BCUT2D eigenvalue weighted by atomic mass is 10.0. The van der Waals surface area contributed by atoms with Gasteiger partial charge < -0.3 is 5.73 Å². The average molecular weight is 212 g/mol. The summed E-state index contributed by atoms with van der Waals surface area (Å²) in [6.07, 6.45) is 0. The van der Waals surface area contributed by atoms with Crippen molar-refractivity contribution in [2.75, 3.05) is 19.6 Å². The Kier molecular flexibility index (Phi) is 2.71. The topological polar surface area (TPSA) is 29.3 Å². The zero-order valence-electron chi connectivity index (χ0n) is 8.37. The number of rotatable bonds is 3. The van der Waals surface area contributed by atoms with Crippen molar-refractivity contribution in [1.29, 1.82) is 0 Å². The van der Waals surface area contributed by atoms with E-state index in [0.717, 1.165) is 5.56 Å². The zero-order chi connectivity index (χ0) is 10.9. The molecule has 2 N–H and O–H groups in total. The van der Waals surface area contributed by atoms with Gasteiger partial charge in [-0.2, -0.15) is 0 Å². The molecule has 1 aliphatic rings. The fourth-order valence-corrected chi connectivity index (χ4v) is 1.82. The maximum absolute atomic E-state index is 12.6. The van der Waals surface area contributed by atoms with E-state index in [4.69, 9.17) is 5.73 Å². The second-order valence-corrected chi connectivity index (χ2v) is 4.04. The highest BCUT2D eigenvalue weighted by Crippen LogP contribution is 2.27. The second kappa shape index (κ2) is 3.87. The van der Waals surface area contributed by atoms with Crippen molar-refractivity contribution in [2.24, 2.45) is 5.73 Å². The van der Waals surface area contributed by atoms with E-state index in [9.17, 15) is 8.78 Å². The van der Waals surface area contributed by atoms with Crippen LogP contribution in [-0.4, -0.2) is 30.5 Å². The normalized spacial score (nSPS) is 22.1. The molecule has 0 bridgehead atoms. The molecule has 2 nitrogen and oxygen atoms in total. The SMILES string of the molecule is NC(CN1CC(F)(F)C1)c1ccccc1. The summed E-state index contributed by atoms with van der Waals surface area (Å²) >= 11 is 0. The summed E-state index contributed by atoms with van der Waals surface area (Å²) in [7, 11) is 0. The number of alkyl halides is 2. The van der Waals surface area contributed by atoms with Gasteiger partial charge in [-0.3, -0.25) is 4.90 Å². The quantitative estimate of drug-likeness (QED) is 0.825. The lowest BCUT2D eigenvalue weighted by Gasteiger charge is -2.40. The standard InChI is InChI=1S/C11H14F2N2/c12-11(13)7-15(8-11)6-10(14)9-4-2-1-3-5-9/h1-5,10H,6-8,14H2. The fourth-order valence-electron chi connectivity index (χ4n) is 1.82. The highest BCUT2D eigenvalue weighted by Gasteiger charge is 2.43. The minimum atomic E-state index is -2.50. The first-order chi connectivity index (χ1) is 7.07. The predicted octanol–water partition coefficient (Wildman–Crippen LogP) is 1.64. The van der Waals surface area contributed by atoms with Crippen LogP contribution in [0, 0.1) is 0 Å². The zero-order valence-corrected chi connectivity index (χ0v) is 8.37. The van der Waals surface area contributed by atoms with Crippen molar-refractivity contribution in [1.82, 2.24) is 4.90 Å². The maximum atomic E-state index is 12.6. The number of likely N-dealkylation sites (tertiary alicyclic amines) is 1. The van der Waals surface area contributed by atoms with Gasteiger partial charge >= 0.3 is 0 Å². The Morgan fingerprint density at radius 1 is 1.27 bits per heavy atom. The van der Waals surface area contributed by atoms with Crippen LogP contribution in [0.25, 0.3) is 0 Å². The Labute approximate surface area is 87.7 Å². The van der Waals surface area contributed by atoms with E-state index in [1.54, 1.807) is 4.90 Å². The van der Waals surface area contributed by atoms with Gasteiger partial charge in [-0.15, -0.1) is 0 Å². The Morgan fingerprint density at radius 2 is 1.87 bits per heavy atom. The molecule has 0 spiro atoms. The Bertz CT molecular complexity index is 319. The lowest BCUT2D eigenvalue weighted by molar-refractivity contribution is -0.131. The van der Waals surface area contributed by atoms with E-state index in [1.807, 2.05) is 30.3 Å². The van der Waals surface area contributed by atoms with Crippen LogP contribution in [0.1, 0.15) is 11.6 Å². The van der Waals surface area contributed by atoms with Crippen molar-refractivity contribution in [2.45, 2.75) is 12.0 Å². The number of nitrogens with two attached hydrogens (primary N) is 1. The van der Waals surface area contributed by atoms with Gasteiger partial charge in [-0.25, -0.2) is 8.78 Å². The molecule has 1 unspecified atom stereocenters. The molecule has 82 valence electrons. The highest BCUT2D eigenvalue weighted by atomic mass is 19.3. The van der Waals surface area contributed by atoms with Crippen molar-refractivity contribution < 1.29 is 8.78 Å². The van der Waals surface area contributed by atoms with Gasteiger partial charge in [0.2, 0.25) is 0 Å². The summed E-state index contributed by atoms with van der Waals surface area (Å²) in [5.74, 6) is -2.50. The van der Waals surface area contributed by atoms with Gasteiger partial charge in [-0.05, 0) is 5.56 Å². The van der Waals surface area contributed by atoms with Crippen molar-refractivity contribution >= 4 is 0 Å². The van der Waals surface area contributed by atoms with Crippen molar-refractivity contribution in [3.63, 3.8) is 0 Å². The third-order valence-corrected chi connectivity index (χ3v) is 2.59. The molecule has 1 atom stereocenters. The van der Waals surface area contributed by atoms with Crippen LogP contribution in [0.5, 0.6) is 0 Å². The maximum Gasteiger partial charge on any atom is 0.272 e. The lowest BCUT2D eigenvalue weighted by Crippen LogP contribution is -2.57. The van der Waals surface area contributed by atoms with Crippen LogP contribution in [0.4, 0.5) is 8.78 Å². The summed E-state index contributed by atoms with van der Waals surface area (Å²) in [5, 5.41) is 0. The molecule has 2 rings (SSSR count). The molecule has 1 heterocycles. The van der Waals surface area contributed by atoms with E-state index in [0.29, 0.717) is 6.54 Å². The highest BCUT2D eigenvalue weighted by molar-refractivity contribution is 5.18. The van der Waals surface area contributed by atoms with Gasteiger partial charge in [0.25, 0.3) is 5.92 Å². The molecule has 0 amide bonds. The number of halogens is 2. The van der Waals surface area contributed by atoms with E-state index < -0.39 is 5.92 Å². The first-order valence-corrected chi connectivity index (χ1v) is 4.97. The third-order valence-electron chi connectivity index (χ3n) is 2.59. The van der Waals surface area contributed by atoms with Crippen LogP contribution in [0.15, 0.2) is 30.3 Å². The Morgan fingerprint density at radius 3 is 2.40 bits per heavy atom. The van der Waals surface area contributed by atoms with Crippen LogP contribution in [0.2, 0.25) is 0 Å². The Hall–Kier alpha value is -1.00. The smallest absolute Gasteiger partial charge is 0.272 e. The first-order valence-electron chi connectivity index (χ1n) is 4.97. The molecule has 0 radical (unpaired) electrons. The summed E-state index contributed by atoms with van der Waals surface area (Å²) in [6.45, 7) is 0.181. The largest absolute Gasteiger partial charge is 0.323 e. The van der Waals surface area contributed by atoms with Gasteiger partial charge in [0.05, 0.1) is 13.1 Å². The van der Waals surface area contributed by atoms with E-state index >= 15 is 0 Å². The minimum absolute atomic E-state index is 0.159. The summed E-state index contributed by atoms with van der Waals surface area (Å²) in [5.41, 5.74) is 6.90. The number of benzene rings is 1. The van der Waals surface area contributed by atoms with E-state index in [1.165, 1.54) is 0 Å². The summed E-state index contributed by atoms with van der Waals surface area (Å²) < 4.78 is 25.1. The fraction of sp³-hybridized carbons (Fsp3) is 0.455. The molecule has 1 aromatic carbocycles. The molecule has 0 aliphatic carbocycles. The minimum Gasteiger partial charge on any atom is -0.323 e. The molecule has 0 aromatic heterocycles. The average Bonchev–Trinajstić information content (AvgIpc) is 2.16. The molecular formula is C11H14F2N2. The molecule has 1 fully saturated rings. The monoisotopic (exact) mass is 212 g/mol. The first kappa shape index (κ1) is 10.5. The predicted molar refractivity (Wildman–Crippen MR) is 54.8 cm³/mol. The van der Waals surface area contributed by atoms with Gasteiger partial charge in [0.15, 0.2) is 0 Å². The van der Waals surface area contributed by atoms with Gasteiger partial charge in [0.1, 0.15) is 0 Å². The molecule has 1 aliphatic heterocycles. The number of nitrogens with zero attached hydrogens (tertiary/aromatic N) is 1. The van der Waals surface area contributed by atoms with Crippen LogP contribution < -0.4 is 5.73 Å². The third kappa shape index (κ3) is 2.52. The molecule has 1 saturated heterocycles. The summed E-state index contributed by atoms with van der Waals surface area (Å²) in [6, 6.07) is 9.38. The second-order valence-electron chi connectivity index (χ2n) is 4.04. The van der Waals surface area contributed by atoms with Crippen LogP contribution in [-0.2, 0) is 0 Å². The molecule has 15 heavy (non-hydrogen) atoms. The van der Waals surface area contributed by atoms with Gasteiger partial charge in [0, 0.05) is 12.6 Å². The molecule has 1 aromatic rings. The van der Waals surface area contributed by atoms with Gasteiger partial charge in [-0.1, -0.05) is 30.3 Å². The number of hydrogen-bond acceptors (Lipinski definition) is 2. The summed E-state index contributed by atoms with van der Waals surface area (Å²) in [4.78, 5) is 1.68. The molecule has 0 saturated carbocycles. The number of hydrogen-bond donors (Lipinski definition) is 1. The van der Waals surface area contributed by atoms with Crippen LogP contribution in [0.3, 0.4) is 0 Å². The Balaban J connectivity index is 1.86. The van der Waals surface area contributed by atoms with E-state index in [2.05, 4.69) is 0 Å².